The number of amides is 1. The Morgan fingerprint density at radius 2 is 2.09 bits per heavy atom. The number of carbonyl (C=O) groups is 1. The first-order chi connectivity index (χ1) is 10.9. The van der Waals surface area contributed by atoms with Gasteiger partial charge in [0.1, 0.15) is 5.60 Å². The summed E-state index contributed by atoms with van der Waals surface area (Å²) in [6.45, 7) is 6.48. The molecule has 0 aliphatic carbocycles. The maximum absolute atomic E-state index is 12.6. The van der Waals surface area contributed by atoms with E-state index in [0.717, 1.165) is 42.3 Å². The molecule has 122 valence electrons. The van der Waals surface area contributed by atoms with Gasteiger partial charge in [0.25, 0.3) is 0 Å². The Hall–Kier alpha value is -2.10. The van der Waals surface area contributed by atoms with Gasteiger partial charge < -0.3 is 9.64 Å². The van der Waals surface area contributed by atoms with E-state index in [9.17, 15) is 4.79 Å². The molecule has 1 fully saturated rings. The van der Waals surface area contributed by atoms with Crippen LogP contribution in [0.2, 0.25) is 0 Å². The SMILES string of the molecule is CC(C)(C)OC(=O)N1CCCCC1c1ccc2ncccc2c1. The lowest BCUT2D eigenvalue weighted by atomic mass is 9.94. The lowest BCUT2D eigenvalue weighted by Crippen LogP contribution is -2.41. The van der Waals surface area contributed by atoms with Gasteiger partial charge in [-0.05, 0) is 63.8 Å². The molecule has 1 atom stereocenters. The number of carbonyl (C=O) groups excluding carboxylic acids is 1. The third-order valence-corrected chi connectivity index (χ3v) is 4.14. The van der Waals surface area contributed by atoms with Crippen LogP contribution < -0.4 is 0 Å². The number of benzene rings is 1. The summed E-state index contributed by atoms with van der Waals surface area (Å²) in [5, 5.41) is 1.11. The Kier molecular flexibility index (Phi) is 4.24. The molecule has 1 aliphatic heterocycles. The second-order valence-electron chi connectivity index (χ2n) is 7.14. The molecule has 23 heavy (non-hydrogen) atoms. The first-order valence-corrected chi connectivity index (χ1v) is 8.28. The second-order valence-corrected chi connectivity index (χ2v) is 7.14. The molecule has 1 saturated heterocycles. The zero-order chi connectivity index (χ0) is 16.4. The van der Waals surface area contributed by atoms with Crippen molar-refractivity contribution in [1.29, 1.82) is 0 Å². The van der Waals surface area contributed by atoms with Crippen molar-refractivity contribution in [3.63, 3.8) is 0 Å². The molecule has 0 bridgehead atoms. The van der Waals surface area contributed by atoms with Crippen LogP contribution >= 0.6 is 0 Å². The minimum Gasteiger partial charge on any atom is -0.444 e. The number of rotatable bonds is 1. The molecule has 2 heterocycles. The lowest BCUT2D eigenvalue weighted by molar-refractivity contribution is 0.00953. The lowest BCUT2D eigenvalue weighted by Gasteiger charge is -2.37. The summed E-state index contributed by atoms with van der Waals surface area (Å²) in [4.78, 5) is 18.8. The van der Waals surface area contributed by atoms with Gasteiger partial charge in [-0.1, -0.05) is 12.1 Å². The number of pyridine rings is 1. The molecular formula is C19H24N2O2. The molecule has 0 spiro atoms. The van der Waals surface area contributed by atoms with Crippen LogP contribution in [0.5, 0.6) is 0 Å². The molecule has 2 aromatic rings. The van der Waals surface area contributed by atoms with Crippen molar-refractivity contribution >= 4 is 17.0 Å². The smallest absolute Gasteiger partial charge is 0.410 e. The average Bonchev–Trinajstić information content (AvgIpc) is 2.53. The normalized spacial score (nSPS) is 18.9. The Morgan fingerprint density at radius 1 is 1.26 bits per heavy atom. The molecule has 0 radical (unpaired) electrons. The zero-order valence-electron chi connectivity index (χ0n) is 14.1. The molecule has 1 aromatic heterocycles. The summed E-state index contributed by atoms with van der Waals surface area (Å²) < 4.78 is 5.59. The number of fused-ring (bicyclic) bond motifs is 1. The Bertz CT molecular complexity index is 706. The van der Waals surface area contributed by atoms with Gasteiger partial charge in [-0.3, -0.25) is 4.98 Å². The van der Waals surface area contributed by atoms with Gasteiger partial charge in [0.05, 0.1) is 11.6 Å². The van der Waals surface area contributed by atoms with E-state index in [2.05, 4.69) is 23.2 Å². The van der Waals surface area contributed by atoms with Crippen molar-refractivity contribution < 1.29 is 9.53 Å². The minimum atomic E-state index is -0.466. The van der Waals surface area contributed by atoms with E-state index in [1.54, 1.807) is 6.20 Å². The number of nitrogens with zero attached hydrogens (tertiary/aromatic N) is 2. The van der Waals surface area contributed by atoms with Crippen LogP contribution in [-0.4, -0.2) is 28.1 Å². The number of piperidine rings is 1. The zero-order valence-corrected chi connectivity index (χ0v) is 14.1. The predicted octanol–water partition coefficient (Wildman–Crippen LogP) is 4.70. The van der Waals surface area contributed by atoms with Gasteiger partial charge in [-0.25, -0.2) is 4.79 Å². The van der Waals surface area contributed by atoms with Crippen molar-refractivity contribution in [2.24, 2.45) is 0 Å². The largest absolute Gasteiger partial charge is 0.444 e. The Labute approximate surface area is 137 Å². The van der Waals surface area contributed by atoms with E-state index < -0.39 is 5.60 Å². The molecule has 4 nitrogen and oxygen atoms in total. The van der Waals surface area contributed by atoms with Crippen LogP contribution in [0.3, 0.4) is 0 Å². The van der Waals surface area contributed by atoms with Gasteiger partial charge >= 0.3 is 6.09 Å². The second kappa shape index (κ2) is 6.19. The first kappa shape index (κ1) is 15.8. The predicted molar refractivity (Wildman–Crippen MR) is 91.3 cm³/mol. The highest BCUT2D eigenvalue weighted by molar-refractivity contribution is 5.79. The van der Waals surface area contributed by atoms with Crippen LogP contribution in [0, 0.1) is 0 Å². The molecule has 0 N–H and O–H groups in total. The van der Waals surface area contributed by atoms with Crippen molar-refractivity contribution in [2.75, 3.05) is 6.54 Å². The summed E-state index contributed by atoms with van der Waals surface area (Å²) in [5.41, 5.74) is 1.68. The summed E-state index contributed by atoms with van der Waals surface area (Å²) in [7, 11) is 0. The number of aromatic nitrogens is 1. The molecular weight excluding hydrogens is 288 g/mol. The van der Waals surface area contributed by atoms with E-state index in [0.29, 0.717) is 0 Å². The van der Waals surface area contributed by atoms with Gasteiger partial charge in [0.15, 0.2) is 0 Å². The molecule has 3 rings (SSSR count). The molecule has 0 saturated carbocycles. The maximum Gasteiger partial charge on any atom is 0.410 e. The van der Waals surface area contributed by atoms with E-state index in [1.807, 2.05) is 37.8 Å². The first-order valence-electron chi connectivity index (χ1n) is 8.28. The van der Waals surface area contributed by atoms with Gasteiger partial charge in [0, 0.05) is 18.1 Å². The van der Waals surface area contributed by atoms with E-state index >= 15 is 0 Å². The maximum atomic E-state index is 12.6. The summed E-state index contributed by atoms with van der Waals surface area (Å²) >= 11 is 0. The highest BCUT2D eigenvalue weighted by Crippen LogP contribution is 2.33. The summed E-state index contributed by atoms with van der Waals surface area (Å²) in [6.07, 6.45) is 4.73. The summed E-state index contributed by atoms with van der Waals surface area (Å²) in [5.74, 6) is 0. The molecule has 1 amide bonds. The Balaban J connectivity index is 1.89. The van der Waals surface area contributed by atoms with Gasteiger partial charge in [0.2, 0.25) is 0 Å². The van der Waals surface area contributed by atoms with Crippen LogP contribution in [0.15, 0.2) is 36.5 Å². The third-order valence-electron chi connectivity index (χ3n) is 4.14. The van der Waals surface area contributed by atoms with Gasteiger partial charge in [-0.15, -0.1) is 0 Å². The quantitative estimate of drug-likeness (QED) is 0.766. The fraction of sp³-hybridized carbons (Fsp3) is 0.474. The van der Waals surface area contributed by atoms with Crippen LogP contribution in [0.25, 0.3) is 10.9 Å². The highest BCUT2D eigenvalue weighted by Gasteiger charge is 2.31. The topological polar surface area (TPSA) is 42.4 Å². The number of likely N-dealkylation sites (tertiary alicyclic amines) is 1. The van der Waals surface area contributed by atoms with Crippen LogP contribution in [-0.2, 0) is 4.74 Å². The Morgan fingerprint density at radius 3 is 2.87 bits per heavy atom. The van der Waals surface area contributed by atoms with Crippen molar-refractivity contribution in [3.8, 4) is 0 Å². The van der Waals surface area contributed by atoms with Crippen LogP contribution in [0.4, 0.5) is 4.79 Å². The minimum absolute atomic E-state index is 0.0863. The molecule has 4 heteroatoms. The van der Waals surface area contributed by atoms with Gasteiger partial charge in [-0.2, -0.15) is 0 Å². The number of hydrogen-bond donors (Lipinski definition) is 0. The standard InChI is InChI=1S/C19H24N2O2/c1-19(2,3)23-18(22)21-12-5-4-8-17(21)15-9-10-16-14(13-15)7-6-11-20-16/h6-7,9-11,13,17H,4-5,8,12H2,1-3H3. The van der Waals surface area contributed by atoms with Crippen molar-refractivity contribution in [2.45, 2.75) is 51.7 Å². The molecule has 1 unspecified atom stereocenters. The molecule has 1 aliphatic rings. The number of ether oxygens (including phenoxy) is 1. The van der Waals surface area contributed by atoms with E-state index in [4.69, 9.17) is 4.74 Å². The van der Waals surface area contributed by atoms with E-state index in [1.165, 1.54) is 0 Å². The average molecular weight is 312 g/mol. The third kappa shape index (κ3) is 3.63. The fourth-order valence-corrected chi connectivity index (χ4v) is 3.12. The van der Waals surface area contributed by atoms with Crippen molar-refractivity contribution in [1.82, 2.24) is 9.88 Å². The fourth-order valence-electron chi connectivity index (χ4n) is 3.12. The number of hydrogen-bond acceptors (Lipinski definition) is 3. The summed E-state index contributed by atoms with van der Waals surface area (Å²) in [6, 6.07) is 10.4. The van der Waals surface area contributed by atoms with Crippen molar-refractivity contribution in [3.05, 3.63) is 42.1 Å². The highest BCUT2D eigenvalue weighted by atomic mass is 16.6. The monoisotopic (exact) mass is 312 g/mol. The van der Waals surface area contributed by atoms with E-state index in [-0.39, 0.29) is 12.1 Å². The molecule has 1 aromatic carbocycles. The van der Waals surface area contributed by atoms with Crippen LogP contribution in [0.1, 0.15) is 51.6 Å².